The Morgan fingerprint density at radius 1 is 1.09 bits per heavy atom. The molecule has 4 nitrogen and oxygen atoms in total. The van der Waals surface area contributed by atoms with E-state index in [4.69, 9.17) is 9.47 Å². The third-order valence-electron chi connectivity index (χ3n) is 4.36. The molecular formula is C19H21NO3. The third kappa shape index (κ3) is 2.77. The molecule has 0 aliphatic carbocycles. The van der Waals surface area contributed by atoms with Gasteiger partial charge in [0.05, 0.1) is 20.1 Å². The normalized spacial score (nSPS) is 16.0. The van der Waals surface area contributed by atoms with Gasteiger partial charge in [-0.1, -0.05) is 17.7 Å². The van der Waals surface area contributed by atoms with Crippen LogP contribution in [-0.2, 0) is 11.2 Å². The number of hydrogen-bond donors (Lipinski definition) is 1. The van der Waals surface area contributed by atoms with Crippen LogP contribution >= 0.6 is 0 Å². The van der Waals surface area contributed by atoms with Gasteiger partial charge in [-0.2, -0.15) is 0 Å². The van der Waals surface area contributed by atoms with E-state index >= 15 is 0 Å². The summed E-state index contributed by atoms with van der Waals surface area (Å²) in [7, 11) is 3.28. The summed E-state index contributed by atoms with van der Waals surface area (Å²) in [6, 6.07) is 9.86. The van der Waals surface area contributed by atoms with Gasteiger partial charge in [0.15, 0.2) is 0 Å². The van der Waals surface area contributed by atoms with Crippen molar-refractivity contribution in [3.63, 3.8) is 0 Å². The average molecular weight is 311 g/mol. The summed E-state index contributed by atoms with van der Waals surface area (Å²) in [6.07, 6.45) is 0.585. The number of fused-ring (bicyclic) bond motifs is 1. The minimum atomic E-state index is -0.204. The van der Waals surface area contributed by atoms with E-state index in [2.05, 4.69) is 24.4 Å². The molecule has 0 bridgehead atoms. The maximum atomic E-state index is 12.5. The molecule has 1 heterocycles. The Kier molecular flexibility index (Phi) is 3.99. The summed E-state index contributed by atoms with van der Waals surface area (Å²) in [5.41, 5.74) is 5.26. The highest BCUT2D eigenvalue weighted by molar-refractivity contribution is 6.04. The molecule has 0 saturated heterocycles. The SMILES string of the molecule is COc1ccc(OC)c(C[C@H]2C(=O)Nc3c(C)cc(C)cc32)c1. The predicted molar refractivity (Wildman–Crippen MR) is 90.5 cm³/mol. The second kappa shape index (κ2) is 5.95. The Hall–Kier alpha value is -2.49. The molecular weight excluding hydrogens is 290 g/mol. The molecule has 0 spiro atoms. The van der Waals surface area contributed by atoms with E-state index in [1.807, 2.05) is 25.1 Å². The Morgan fingerprint density at radius 3 is 2.57 bits per heavy atom. The van der Waals surface area contributed by atoms with E-state index in [-0.39, 0.29) is 11.8 Å². The number of aryl methyl sites for hydroxylation is 2. The van der Waals surface area contributed by atoms with Gasteiger partial charge in [0.2, 0.25) is 5.91 Å². The third-order valence-corrected chi connectivity index (χ3v) is 4.36. The highest BCUT2D eigenvalue weighted by atomic mass is 16.5. The van der Waals surface area contributed by atoms with Gasteiger partial charge >= 0.3 is 0 Å². The second-order valence-corrected chi connectivity index (χ2v) is 5.97. The van der Waals surface area contributed by atoms with Crippen LogP contribution in [0.25, 0.3) is 0 Å². The molecule has 1 N–H and O–H groups in total. The van der Waals surface area contributed by atoms with E-state index in [0.29, 0.717) is 6.42 Å². The Morgan fingerprint density at radius 2 is 1.87 bits per heavy atom. The lowest BCUT2D eigenvalue weighted by Crippen LogP contribution is -2.14. The van der Waals surface area contributed by atoms with Crippen molar-refractivity contribution >= 4 is 11.6 Å². The van der Waals surface area contributed by atoms with E-state index in [9.17, 15) is 4.79 Å². The number of rotatable bonds is 4. The van der Waals surface area contributed by atoms with Gasteiger partial charge in [0.1, 0.15) is 11.5 Å². The molecule has 1 aliphatic heterocycles. The summed E-state index contributed by atoms with van der Waals surface area (Å²) in [5.74, 6) is 1.37. The summed E-state index contributed by atoms with van der Waals surface area (Å²) < 4.78 is 10.7. The van der Waals surface area contributed by atoms with Crippen LogP contribution < -0.4 is 14.8 Å². The number of carbonyl (C=O) groups excluding carboxylic acids is 1. The molecule has 4 heteroatoms. The Labute approximate surface area is 136 Å². The summed E-state index contributed by atoms with van der Waals surface area (Å²) in [6.45, 7) is 4.08. The van der Waals surface area contributed by atoms with Crippen LogP contribution in [0.4, 0.5) is 5.69 Å². The molecule has 0 radical (unpaired) electrons. The summed E-state index contributed by atoms with van der Waals surface area (Å²) in [5, 5.41) is 3.02. The molecule has 2 aromatic carbocycles. The Bertz CT molecular complexity index is 767. The van der Waals surface area contributed by atoms with Gasteiger partial charge in [-0.3, -0.25) is 4.79 Å². The number of carbonyl (C=O) groups is 1. The molecule has 1 amide bonds. The minimum absolute atomic E-state index is 0.0403. The first-order chi connectivity index (χ1) is 11.0. The topological polar surface area (TPSA) is 47.6 Å². The standard InChI is InChI=1S/C19H21NO3/c1-11-7-12(2)18-15(8-11)16(19(21)20-18)10-13-9-14(22-3)5-6-17(13)23-4/h5-9,16H,10H2,1-4H3,(H,20,21)/t16-/m1/s1. The second-order valence-electron chi connectivity index (χ2n) is 5.97. The first kappa shape index (κ1) is 15.4. The first-order valence-electron chi connectivity index (χ1n) is 7.66. The minimum Gasteiger partial charge on any atom is -0.497 e. The molecule has 0 aromatic heterocycles. The van der Waals surface area contributed by atoms with Gasteiger partial charge in [-0.15, -0.1) is 0 Å². The maximum Gasteiger partial charge on any atom is 0.232 e. The molecule has 0 saturated carbocycles. The molecule has 3 rings (SSSR count). The number of anilines is 1. The smallest absolute Gasteiger partial charge is 0.232 e. The van der Waals surface area contributed by atoms with Crippen molar-refractivity contribution in [1.29, 1.82) is 0 Å². The fourth-order valence-corrected chi connectivity index (χ4v) is 3.26. The van der Waals surface area contributed by atoms with Crippen LogP contribution in [0.15, 0.2) is 30.3 Å². The van der Waals surface area contributed by atoms with Crippen molar-refractivity contribution in [3.05, 3.63) is 52.6 Å². The molecule has 23 heavy (non-hydrogen) atoms. The number of methoxy groups -OCH3 is 2. The molecule has 0 unspecified atom stereocenters. The van der Waals surface area contributed by atoms with Crippen molar-refractivity contribution in [2.24, 2.45) is 0 Å². The highest BCUT2D eigenvalue weighted by Gasteiger charge is 2.32. The largest absolute Gasteiger partial charge is 0.497 e. The van der Waals surface area contributed by atoms with Crippen molar-refractivity contribution < 1.29 is 14.3 Å². The van der Waals surface area contributed by atoms with E-state index in [0.717, 1.165) is 33.9 Å². The van der Waals surface area contributed by atoms with Gasteiger partial charge in [0.25, 0.3) is 0 Å². The van der Waals surface area contributed by atoms with Gasteiger partial charge < -0.3 is 14.8 Å². The van der Waals surface area contributed by atoms with E-state index < -0.39 is 0 Å². The fourth-order valence-electron chi connectivity index (χ4n) is 3.26. The lowest BCUT2D eigenvalue weighted by atomic mass is 9.90. The quantitative estimate of drug-likeness (QED) is 0.938. The molecule has 1 atom stereocenters. The predicted octanol–water partition coefficient (Wildman–Crippen LogP) is 3.60. The van der Waals surface area contributed by atoms with Crippen LogP contribution in [-0.4, -0.2) is 20.1 Å². The van der Waals surface area contributed by atoms with E-state index in [1.54, 1.807) is 14.2 Å². The number of amides is 1. The van der Waals surface area contributed by atoms with Crippen LogP contribution in [0, 0.1) is 13.8 Å². The molecule has 2 aromatic rings. The zero-order valence-corrected chi connectivity index (χ0v) is 13.9. The molecule has 1 aliphatic rings. The van der Waals surface area contributed by atoms with E-state index in [1.165, 1.54) is 5.56 Å². The van der Waals surface area contributed by atoms with Crippen molar-refractivity contribution in [2.45, 2.75) is 26.2 Å². The van der Waals surface area contributed by atoms with Gasteiger partial charge in [0, 0.05) is 5.69 Å². The lowest BCUT2D eigenvalue weighted by molar-refractivity contribution is -0.117. The zero-order valence-electron chi connectivity index (χ0n) is 13.9. The maximum absolute atomic E-state index is 12.5. The Balaban J connectivity index is 2.00. The number of nitrogens with one attached hydrogen (secondary N) is 1. The zero-order chi connectivity index (χ0) is 16.6. The van der Waals surface area contributed by atoms with Crippen LogP contribution in [0.3, 0.4) is 0 Å². The fraction of sp³-hybridized carbons (Fsp3) is 0.316. The van der Waals surface area contributed by atoms with Crippen molar-refractivity contribution in [1.82, 2.24) is 0 Å². The number of ether oxygens (including phenoxy) is 2. The first-order valence-corrected chi connectivity index (χ1v) is 7.66. The molecule has 0 fully saturated rings. The number of benzene rings is 2. The van der Waals surface area contributed by atoms with Gasteiger partial charge in [-0.05, 0) is 55.2 Å². The highest BCUT2D eigenvalue weighted by Crippen LogP contribution is 2.39. The monoisotopic (exact) mass is 311 g/mol. The van der Waals surface area contributed by atoms with Crippen LogP contribution in [0.1, 0.15) is 28.2 Å². The lowest BCUT2D eigenvalue weighted by Gasteiger charge is -2.14. The summed E-state index contributed by atoms with van der Waals surface area (Å²) >= 11 is 0. The van der Waals surface area contributed by atoms with Crippen LogP contribution in [0.5, 0.6) is 11.5 Å². The van der Waals surface area contributed by atoms with Gasteiger partial charge in [-0.25, -0.2) is 0 Å². The van der Waals surface area contributed by atoms with Crippen LogP contribution in [0.2, 0.25) is 0 Å². The summed E-state index contributed by atoms with van der Waals surface area (Å²) in [4.78, 5) is 12.5. The molecule has 120 valence electrons. The van der Waals surface area contributed by atoms with Crippen molar-refractivity contribution in [3.8, 4) is 11.5 Å². The number of hydrogen-bond acceptors (Lipinski definition) is 3. The average Bonchev–Trinajstić information content (AvgIpc) is 2.84. The van der Waals surface area contributed by atoms with Crippen molar-refractivity contribution in [2.75, 3.05) is 19.5 Å².